The van der Waals surface area contributed by atoms with Crippen LogP contribution in [0.25, 0.3) is 0 Å². The molecule has 10 heteroatoms. The van der Waals surface area contributed by atoms with Gasteiger partial charge in [0.25, 0.3) is 5.91 Å². The van der Waals surface area contributed by atoms with Gasteiger partial charge in [0.15, 0.2) is 6.10 Å². The van der Waals surface area contributed by atoms with Gasteiger partial charge in [0.1, 0.15) is 5.67 Å². The standard InChI is InChI=1S/C27H34F4N4O2/c1-18-22(4-3-14-32-18)25(36)33-21-7-11-26(28,12-8-21)13-17-35-15-9-20-5-6-24(34-23(20)10-16-35)37-19(2)27(29,30)31/h3-6,14,19,21H,7-13,15-17H2,1-2H3,(H,33,36). The Balaban J connectivity index is 1.24. The van der Waals surface area contributed by atoms with Gasteiger partial charge in [0.2, 0.25) is 5.88 Å². The number of amides is 1. The first-order valence-electron chi connectivity index (χ1n) is 12.9. The molecule has 0 spiro atoms. The highest BCUT2D eigenvalue weighted by Gasteiger charge is 2.39. The zero-order valence-electron chi connectivity index (χ0n) is 21.3. The Morgan fingerprint density at radius 2 is 1.95 bits per heavy atom. The van der Waals surface area contributed by atoms with Crippen molar-refractivity contribution in [1.82, 2.24) is 20.2 Å². The molecule has 1 amide bonds. The van der Waals surface area contributed by atoms with E-state index in [4.69, 9.17) is 4.74 Å². The van der Waals surface area contributed by atoms with Crippen LogP contribution in [0.1, 0.15) is 66.3 Å². The number of aryl methyl sites for hydroxylation is 1. The number of nitrogens with one attached hydrogen (secondary N) is 1. The van der Waals surface area contributed by atoms with E-state index in [0.29, 0.717) is 69.3 Å². The van der Waals surface area contributed by atoms with Crippen LogP contribution in [0.2, 0.25) is 0 Å². The predicted molar refractivity (Wildman–Crippen MR) is 131 cm³/mol. The maximum absolute atomic E-state index is 15.6. The number of alkyl halides is 4. The average molecular weight is 523 g/mol. The Hall–Kier alpha value is -2.75. The van der Waals surface area contributed by atoms with Crippen LogP contribution in [0.4, 0.5) is 17.6 Å². The Kier molecular flexibility index (Phi) is 8.36. The minimum Gasteiger partial charge on any atom is -0.465 e. The Bertz CT molecular complexity index is 1090. The third-order valence-corrected chi connectivity index (χ3v) is 7.51. The molecule has 1 fully saturated rings. The predicted octanol–water partition coefficient (Wildman–Crippen LogP) is 4.99. The van der Waals surface area contributed by atoms with Crippen LogP contribution in [0.15, 0.2) is 30.5 Å². The van der Waals surface area contributed by atoms with Crippen LogP contribution in [0.5, 0.6) is 5.88 Å². The topological polar surface area (TPSA) is 67.4 Å². The van der Waals surface area contributed by atoms with Gasteiger partial charge in [-0.3, -0.25) is 9.78 Å². The molecule has 1 aliphatic heterocycles. The lowest BCUT2D eigenvalue weighted by Crippen LogP contribution is -2.43. The highest BCUT2D eigenvalue weighted by molar-refractivity contribution is 5.95. The third kappa shape index (κ3) is 7.18. The SMILES string of the molecule is Cc1ncccc1C(=O)NC1CCC(F)(CCN2CCc3ccc(OC(C)C(F)(F)F)nc3CC2)CC1. The lowest BCUT2D eigenvalue weighted by atomic mass is 9.81. The second-order valence-corrected chi connectivity index (χ2v) is 10.2. The molecule has 1 saturated carbocycles. The van der Waals surface area contributed by atoms with Gasteiger partial charge in [-0.05, 0) is 70.1 Å². The van der Waals surface area contributed by atoms with Gasteiger partial charge in [-0.2, -0.15) is 13.2 Å². The molecule has 2 aromatic heterocycles. The summed E-state index contributed by atoms with van der Waals surface area (Å²) in [5, 5.41) is 3.03. The molecule has 2 aliphatic rings. The first-order valence-corrected chi connectivity index (χ1v) is 12.9. The summed E-state index contributed by atoms with van der Waals surface area (Å²) in [4.78, 5) is 23.2. The molecule has 6 nitrogen and oxygen atoms in total. The monoisotopic (exact) mass is 522 g/mol. The molecule has 1 atom stereocenters. The number of aromatic nitrogens is 2. The summed E-state index contributed by atoms with van der Waals surface area (Å²) in [6.45, 7) is 4.77. The summed E-state index contributed by atoms with van der Waals surface area (Å²) in [5.74, 6) is -0.191. The molecule has 0 bridgehead atoms. The van der Waals surface area contributed by atoms with E-state index in [0.717, 1.165) is 24.7 Å². The van der Waals surface area contributed by atoms with Crippen molar-refractivity contribution in [2.75, 3.05) is 19.6 Å². The summed E-state index contributed by atoms with van der Waals surface area (Å²) < 4.78 is 59.0. The van der Waals surface area contributed by atoms with Gasteiger partial charge in [-0.25, -0.2) is 9.37 Å². The molecule has 37 heavy (non-hydrogen) atoms. The molecule has 2 aromatic rings. The number of pyridine rings is 2. The maximum Gasteiger partial charge on any atom is 0.425 e. The number of rotatable bonds is 7. The van der Waals surface area contributed by atoms with Crippen molar-refractivity contribution in [3.8, 4) is 5.88 Å². The fourth-order valence-corrected chi connectivity index (χ4v) is 5.02. The Morgan fingerprint density at radius 1 is 1.22 bits per heavy atom. The van der Waals surface area contributed by atoms with Crippen LogP contribution < -0.4 is 10.1 Å². The van der Waals surface area contributed by atoms with Gasteiger partial charge in [0.05, 0.1) is 5.56 Å². The maximum atomic E-state index is 15.6. The van der Waals surface area contributed by atoms with Crippen LogP contribution in [-0.2, 0) is 12.8 Å². The number of carbonyl (C=O) groups excluding carboxylic acids is 1. The van der Waals surface area contributed by atoms with E-state index in [2.05, 4.69) is 20.2 Å². The lowest BCUT2D eigenvalue weighted by Gasteiger charge is -2.35. The van der Waals surface area contributed by atoms with E-state index in [-0.39, 0.29) is 17.8 Å². The molecule has 0 radical (unpaired) electrons. The van der Waals surface area contributed by atoms with E-state index < -0.39 is 17.9 Å². The molecule has 1 unspecified atom stereocenters. The molecule has 0 saturated heterocycles. The van der Waals surface area contributed by atoms with Crippen molar-refractivity contribution in [2.24, 2.45) is 0 Å². The summed E-state index contributed by atoms with van der Waals surface area (Å²) in [6.07, 6.45) is -1.04. The summed E-state index contributed by atoms with van der Waals surface area (Å²) in [6, 6.07) is 6.69. The van der Waals surface area contributed by atoms with Gasteiger partial charge in [-0.1, -0.05) is 6.07 Å². The molecular formula is C27H34F4N4O2. The van der Waals surface area contributed by atoms with Crippen molar-refractivity contribution in [2.45, 2.75) is 82.8 Å². The van der Waals surface area contributed by atoms with Crippen molar-refractivity contribution in [3.63, 3.8) is 0 Å². The van der Waals surface area contributed by atoms with Crippen LogP contribution in [-0.4, -0.2) is 64.4 Å². The Labute approximate surface area is 214 Å². The van der Waals surface area contributed by atoms with E-state index >= 15 is 4.39 Å². The van der Waals surface area contributed by atoms with E-state index in [9.17, 15) is 18.0 Å². The molecule has 0 aromatic carbocycles. The van der Waals surface area contributed by atoms with Gasteiger partial charge < -0.3 is 15.0 Å². The van der Waals surface area contributed by atoms with Gasteiger partial charge in [-0.15, -0.1) is 0 Å². The average Bonchev–Trinajstić information content (AvgIpc) is 3.06. The van der Waals surface area contributed by atoms with Crippen molar-refractivity contribution in [1.29, 1.82) is 0 Å². The molecule has 202 valence electrons. The second-order valence-electron chi connectivity index (χ2n) is 10.2. The van der Waals surface area contributed by atoms with Gasteiger partial charge >= 0.3 is 6.18 Å². The summed E-state index contributed by atoms with van der Waals surface area (Å²) in [7, 11) is 0. The first-order chi connectivity index (χ1) is 17.5. The molecule has 3 heterocycles. The number of carbonyl (C=O) groups is 1. The highest BCUT2D eigenvalue weighted by atomic mass is 19.4. The lowest BCUT2D eigenvalue weighted by molar-refractivity contribution is -0.190. The number of fused-ring (bicyclic) bond motifs is 1. The fourth-order valence-electron chi connectivity index (χ4n) is 5.02. The minimum absolute atomic E-state index is 0.0257. The second kappa shape index (κ2) is 11.3. The van der Waals surface area contributed by atoms with E-state index in [1.54, 1.807) is 31.3 Å². The zero-order chi connectivity index (χ0) is 26.6. The van der Waals surface area contributed by atoms with Crippen molar-refractivity contribution in [3.05, 3.63) is 53.0 Å². The molecule has 1 aliphatic carbocycles. The van der Waals surface area contributed by atoms with Gasteiger partial charge in [0, 0.05) is 55.7 Å². The first kappa shape index (κ1) is 27.3. The quantitative estimate of drug-likeness (QED) is 0.520. The normalized spacial score (nSPS) is 23.6. The van der Waals surface area contributed by atoms with Crippen molar-refractivity contribution >= 4 is 5.91 Å². The fraction of sp³-hybridized carbons (Fsp3) is 0.593. The van der Waals surface area contributed by atoms with Crippen LogP contribution in [0.3, 0.4) is 0 Å². The number of nitrogens with zero attached hydrogens (tertiary/aromatic N) is 3. The minimum atomic E-state index is -4.45. The van der Waals surface area contributed by atoms with E-state index in [1.165, 1.54) is 6.07 Å². The number of ether oxygens (including phenoxy) is 1. The highest BCUT2D eigenvalue weighted by Crippen LogP contribution is 2.35. The smallest absolute Gasteiger partial charge is 0.425 e. The number of hydrogen-bond donors (Lipinski definition) is 1. The zero-order valence-corrected chi connectivity index (χ0v) is 21.3. The largest absolute Gasteiger partial charge is 0.465 e. The number of hydrogen-bond acceptors (Lipinski definition) is 5. The Morgan fingerprint density at radius 3 is 2.65 bits per heavy atom. The van der Waals surface area contributed by atoms with Crippen LogP contribution >= 0.6 is 0 Å². The number of halogens is 4. The van der Waals surface area contributed by atoms with Crippen molar-refractivity contribution < 1.29 is 27.1 Å². The summed E-state index contributed by atoms with van der Waals surface area (Å²) >= 11 is 0. The molecule has 4 rings (SSSR count). The van der Waals surface area contributed by atoms with Crippen LogP contribution in [0, 0.1) is 6.92 Å². The molecular weight excluding hydrogens is 488 g/mol. The van der Waals surface area contributed by atoms with E-state index in [1.807, 2.05) is 0 Å². The third-order valence-electron chi connectivity index (χ3n) is 7.51. The molecule has 1 N–H and O–H groups in total. The summed E-state index contributed by atoms with van der Waals surface area (Å²) in [5.41, 5.74) is 1.68.